The first-order chi connectivity index (χ1) is 6.74. The minimum atomic E-state index is -0.394. The van der Waals surface area contributed by atoms with Crippen LogP contribution in [0.3, 0.4) is 0 Å². The molecule has 0 spiro atoms. The molecule has 1 aromatic carbocycles. The fourth-order valence-corrected chi connectivity index (χ4v) is 1.24. The van der Waals surface area contributed by atoms with Gasteiger partial charge in [-0.3, -0.25) is 0 Å². The first-order valence-electron chi connectivity index (χ1n) is 4.42. The summed E-state index contributed by atoms with van der Waals surface area (Å²) in [5, 5.41) is 3.26. The number of halogens is 2. The van der Waals surface area contributed by atoms with Crippen LogP contribution in [0.5, 0.6) is 0 Å². The van der Waals surface area contributed by atoms with Gasteiger partial charge in [-0.2, -0.15) is 0 Å². The molecule has 0 aliphatic rings. The Morgan fingerprint density at radius 3 is 2.93 bits per heavy atom. The van der Waals surface area contributed by atoms with Crippen LogP contribution in [0.15, 0.2) is 18.2 Å². The van der Waals surface area contributed by atoms with Gasteiger partial charge in [-0.15, -0.1) is 0 Å². The number of rotatable bonds is 5. The summed E-state index contributed by atoms with van der Waals surface area (Å²) < 4.78 is 17.7. The second-order valence-corrected chi connectivity index (χ2v) is 3.31. The average Bonchev–Trinajstić information content (AvgIpc) is 2.18. The van der Waals surface area contributed by atoms with Gasteiger partial charge in [-0.25, -0.2) is 4.39 Å². The molecule has 0 fully saturated rings. The summed E-state index contributed by atoms with van der Waals surface area (Å²) >= 11 is 5.61. The molecule has 78 valence electrons. The number of hydrogen-bond donors (Lipinski definition) is 1. The minimum absolute atomic E-state index is 0.141. The van der Waals surface area contributed by atoms with Crippen LogP contribution < -0.4 is 5.32 Å². The zero-order valence-electron chi connectivity index (χ0n) is 8.02. The van der Waals surface area contributed by atoms with Crippen molar-refractivity contribution in [3.63, 3.8) is 0 Å². The number of ether oxygens (including phenoxy) is 1. The Morgan fingerprint density at radius 2 is 2.29 bits per heavy atom. The van der Waals surface area contributed by atoms with Crippen molar-refractivity contribution in [3.05, 3.63) is 29.0 Å². The van der Waals surface area contributed by atoms with E-state index >= 15 is 0 Å². The van der Waals surface area contributed by atoms with Gasteiger partial charge in [0.2, 0.25) is 0 Å². The van der Waals surface area contributed by atoms with Gasteiger partial charge >= 0.3 is 0 Å². The lowest BCUT2D eigenvalue weighted by molar-refractivity contribution is 0.198. The van der Waals surface area contributed by atoms with E-state index in [-0.39, 0.29) is 5.02 Å². The minimum Gasteiger partial charge on any atom is -0.385 e. The van der Waals surface area contributed by atoms with Crippen molar-refractivity contribution in [2.75, 3.05) is 25.6 Å². The molecule has 14 heavy (non-hydrogen) atoms. The van der Waals surface area contributed by atoms with E-state index in [1.54, 1.807) is 19.2 Å². The predicted octanol–water partition coefficient (Wildman–Crippen LogP) is 2.93. The highest BCUT2D eigenvalue weighted by Crippen LogP contribution is 2.19. The molecule has 0 radical (unpaired) electrons. The van der Waals surface area contributed by atoms with Crippen LogP contribution >= 0.6 is 11.6 Å². The van der Waals surface area contributed by atoms with E-state index in [9.17, 15) is 4.39 Å². The zero-order valence-corrected chi connectivity index (χ0v) is 8.77. The molecule has 0 heterocycles. The largest absolute Gasteiger partial charge is 0.385 e. The smallest absolute Gasteiger partial charge is 0.141 e. The van der Waals surface area contributed by atoms with Gasteiger partial charge < -0.3 is 10.1 Å². The predicted molar refractivity (Wildman–Crippen MR) is 56.4 cm³/mol. The molecular weight excluding hydrogens is 205 g/mol. The summed E-state index contributed by atoms with van der Waals surface area (Å²) in [6, 6.07) is 4.58. The SMILES string of the molecule is COCCCNc1ccc(F)c(Cl)c1. The van der Waals surface area contributed by atoms with E-state index in [0.29, 0.717) is 6.61 Å². The van der Waals surface area contributed by atoms with E-state index in [1.807, 2.05) is 0 Å². The summed E-state index contributed by atoms with van der Waals surface area (Å²) in [5.41, 5.74) is 0.826. The molecule has 0 bridgehead atoms. The number of nitrogens with one attached hydrogen (secondary N) is 1. The lowest BCUT2D eigenvalue weighted by Gasteiger charge is -2.06. The summed E-state index contributed by atoms with van der Waals surface area (Å²) in [6.07, 6.45) is 0.908. The van der Waals surface area contributed by atoms with Crippen molar-refractivity contribution < 1.29 is 9.13 Å². The van der Waals surface area contributed by atoms with Crippen LogP contribution in [-0.4, -0.2) is 20.3 Å². The molecule has 2 nitrogen and oxygen atoms in total. The summed E-state index contributed by atoms with van der Waals surface area (Å²) in [5.74, 6) is -0.394. The molecule has 1 rings (SSSR count). The number of anilines is 1. The highest BCUT2D eigenvalue weighted by molar-refractivity contribution is 6.31. The first-order valence-corrected chi connectivity index (χ1v) is 4.79. The van der Waals surface area contributed by atoms with Gasteiger partial charge in [0, 0.05) is 25.9 Å². The zero-order chi connectivity index (χ0) is 10.4. The molecular formula is C10H13ClFNO. The average molecular weight is 218 g/mol. The monoisotopic (exact) mass is 217 g/mol. The van der Waals surface area contributed by atoms with E-state index in [1.165, 1.54) is 6.07 Å². The number of hydrogen-bond acceptors (Lipinski definition) is 2. The molecule has 0 atom stereocenters. The maximum Gasteiger partial charge on any atom is 0.141 e. The van der Waals surface area contributed by atoms with Gasteiger partial charge in [0.15, 0.2) is 0 Å². The van der Waals surface area contributed by atoms with Gasteiger partial charge in [-0.05, 0) is 24.6 Å². The topological polar surface area (TPSA) is 21.3 Å². The molecule has 0 aliphatic heterocycles. The Balaban J connectivity index is 2.39. The Kier molecular flexibility index (Phi) is 4.70. The lowest BCUT2D eigenvalue weighted by atomic mass is 10.3. The fourth-order valence-electron chi connectivity index (χ4n) is 1.06. The third-order valence-corrected chi connectivity index (χ3v) is 2.06. The van der Waals surface area contributed by atoms with Crippen LogP contribution in [0.4, 0.5) is 10.1 Å². The summed E-state index contributed by atoms with van der Waals surface area (Å²) in [7, 11) is 1.66. The molecule has 4 heteroatoms. The molecule has 1 N–H and O–H groups in total. The molecule has 0 unspecified atom stereocenters. The van der Waals surface area contributed by atoms with Gasteiger partial charge in [0.25, 0.3) is 0 Å². The van der Waals surface area contributed by atoms with Gasteiger partial charge in [0.05, 0.1) is 5.02 Å². The van der Waals surface area contributed by atoms with E-state index in [4.69, 9.17) is 16.3 Å². The van der Waals surface area contributed by atoms with Crippen molar-refractivity contribution in [2.24, 2.45) is 0 Å². The van der Waals surface area contributed by atoms with Crippen LogP contribution in [0.2, 0.25) is 5.02 Å². The molecule has 0 saturated carbocycles. The van der Waals surface area contributed by atoms with Crippen LogP contribution in [0.1, 0.15) is 6.42 Å². The highest BCUT2D eigenvalue weighted by atomic mass is 35.5. The number of methoxy groups -OCH3 is 1. The van der Waals surface area contributed by atoms with Crippen molar-refractivity contribution >= 4 is 17.3 Å². The molecule has 0 aromatic heterocycles. The molecule has 0 aliphatic carbocycles. The molecule has 1 aromatic rings. The van der Waals surface area contributed by atoms with Crippen molar-refractivity contribution in [3.8, 4) is 0 Å². The highest BCUT2D eigenvalue weighted by Gasteiger charge is 1.99. The van der Waals surface area contributed by atoms with Crippen LogP contribution in [0.25, 0.3) is 0 Å². The standard InChI is InChI=1S/C10H13ClFNO/c1-14-6-2-5-13-8-3-4-10(12)9(11)7-8/h3-4,7,13H,2,5-6H2,1H3. The maximum absolute atomic E-state index is 12.8. The summed E-state index contributed by atoms with van der Waals surface area (Å²) in [4.78, 5) is 0. The van der Waals surface area contributed by atoms with Gasteiger partial charge in [0.1, 0.15) is 5.82 Å². The van der Waals surface area contributed by atoms with E-state index in [0.717, 1.165) is 18.7 Å². The van der Waals surface area contributed by atoms with E-state index < -0.39 is 5.82 Å². The maximum atomic E-state index is 12.8. The number of benzene rings is 1. The van der Waals surface area contributed by atoms with E-state index in [2.05, 4.69) is 5.32 Å². The van der Waals surface area contributed by atoms with Crippen LogP contribution in [-0.2, 0) is 4.74 Å². The van der Waals surface area contributed by atoms with Gasteiger partial charge in [-0.1, -0.05) is 11.6 Å². The Labute approximate surface area is 88.0 Å². The second-order valence-electron chi connectivity index (χ2n) is 2.90. The lowest BCUT2D eigenvalue weighted by Crippen LogP contribution is -2.04. The second kappa shape index (κ2) is 5.83. The normalized spacial score (nSPS) is 10.2. The third kappa shape index (κ3) is 3.52. The fraction of sp³-hybridized carbons (Fsp3) is 0.400. The molecule has 0 amide bonds. The Bertz CT molecular complexity index is 293. The van der Waals surface area contributed by atoms with Crippen molar-refractivity contribution in [1.82, 2.24) is 0 Å². The Hall–Kier alpha value is -0.800. The van der Waals surface area contributed by atoms with Crippen molar-refractivity contribution in [2.45, 2.75) is 6.42 Å². The quantitative estimate of drug-likeness (QED) is 0.766. The third-order valence-electron chi connectivity index (χ3n) is 1.77. The van der Waals surface area contributed by atoms with Crippen molar-refractivity contribution in [1.29, 1.82) is 0 Å². The molecule has 0 saturated heterocycles. The summed E-state index contributed by atoms with van der Waals surface area (Å²) in [6.45, 7) is 1.50. The van der Waals surface area contributed by atoms with Crippen LogP contribution in [0, 0.1) is 5.82 Å². The first kappa shape index (κ1) is 11.3. The Morgan fingerprint density at radius 1 is 1.50 bits per heavy atom.